The van der Waals surface area contributed by atoms with Crippen molar-refractivity contribution >= 4 is 5.97 Å². The zero-order valence-corrected chi connectivity index (χ0v) is 17.3. The molecular formula is C23H25N5O2. The summed E-state index contributed by atoms with van der Waals surface area (Å²) in [5.74, 6) is 0.669. The highest BCUT2D eigenvalue weighted by atomic mass is 16.5. The van der Waals surface area contributed by atoms with Crippen LogP contribution in [0.25, 0.3) is 5.82 Å². The first kappa shape index (κ1) is 19.0. The Hall–Kier alpha value is -3.03. The molecular weight excluding hydrogens is 378 g/mol. The molecule has 0 aliphatic carbocycles. The van der Waals surface area contributed by atoms with E-state index >= 15 is 0 Å². The molecule has 0 radical (unpaired) electrons. The minimum absolute atomic E-state index is 0.209. The average molecular weight is 403 g/mol. The Morgan fingerprint density at radius 2 is 2.10 bits per heavy atom. The molecule has 30 heavy (non-hydrogen) atoms. The van der Waals surface area contributed by atoms with E-state index < -0.39 is 0 Å². The largest absolute Gasteiger partial charge is 0.457 e. The van der Waals surface area contributed by atoms with E-state index in [9.17, 15) is 4.79 Å². The van der Waals surface area contributed by atoms with Crippen LogP contribution in [0, 0.1) is 13.8 Å². The summed E-state index contributed by atoms with van der Waals surface area (Å²) < 4.78 is 7.14. The van der Waals surface area contributed by atoms with Crippen molar-refractivity contribution in [2.24, 2.45) is 0 Å². The third-order valence-electron chi connectivity index (χ3n) is 6.03. The van der Waals surface area contributed by atoms with Gasteiger partial charge < -0.3 is 10.1 Å². The average Bonchev–Trinajstić information content (AvgIpc) is 3.35. The van der Waals surface area contributed by atoms with Gasteiger partial charge in [0.15, 0.2) is 0 Å². The first-order valence-corrected chi connectivity index (χ1v) is 10.3. The highest BCUT2D eigenvalue weighted by Gasteiger charge is 2.28. The number of cyclic esters (lactones) is 1. The maximum Gasteiger partial charge on any atom is 0.338 e. The molecule has 1 atom stereocenters. The molecule has 0 spiro atoms. The van der Waals surface area contributed by atoms with E-state index in [0.29, 0.717) is 12.2 Å². The number of benzene rings is 1. The summed E-state index contributed by atoms with van der Waals surface area (Å²) in [6.07, 6.45) is 5.71. The van der Waals surface area contributed by atoms with Crippen molar-refractivity contribution in [3.63, 3.8) is 0 Å². The molecule has 0 amide bonds. The third-order valence-corrected chi connectivity index (χ3v) is 6.03. The Kier molecular flexibility index (Phi) is 4.84. The second kappa shape index (κ2) is 7.66. The second-order valence-corrected chi connectivity index (χ2v) is 8.07. The van der Waals surface area contributed by atoms with E-state index in [1.807, 2.05) is 36.0 Å². The molecule has 0 bridgehead atoms. The lowest BCUT2D eigenvalue weighted by Crippen LogP contribution is -2.45. The number of carbonyl (C=O) groups excluding carboxylic acids is 1. The Bertz CT molecular complexity index is 1090. The van der Waals surface area contributed by atoms with Crippen molar-refractivity contribution in [1.82, 2.24) is 24.8 Å². The maximum absolute atomic E-state index is 11.8. The van der Waals surface area contributed by atoms with Crippen molar-refractivity contribution in [2.45, 2.75) is 33.0 Å². The number of pyridine rings is 1. The van der Waals surface area contributed by atoms with Crippen LogP contribution in [0.5, 0.6) is 0 Å². The van der Waals surface area contributed by atoms with E-state index in [1.54, 1.807) is 6.33 Å². The highest BCUT2D eigenvalue weighted by Crippen LogP contribution is 2.30. The predicted octanol–water partition coefficient (Wildman–Crippen LogP) is 2.70. The highest BCUT2D eigenvalue weighted by molar-refractivity contribution is 5.94. The molecule has 4 heterocycles. The molecule has 1 saturated heterocycles. The first-order valence-electron chi connectivity index (χ1n) is 10.3. The molecule has 7 nitrogen and oxygen atoms in total. The lowest BCUT2D eigenvalue weighted by Gasteiger charge is -2.34. The van der Waals surface area contributed by atoms with Gasteiger partial charge in [-0.1, -0.05) is 12.1 Å². The number of piperazine rings is 1. The number of imidazole rings is 1. The number of fused-ring (bicyclic) bond motifs is 1. The van der Waals surface area contributed by atoms with Crippen LogP contribution in [-0.2, 0) is 17.9 Å². The SMILES string of the molecule is Cc1cn(-c2ccc(CN3CCNC(c4ccc5c(c4C)COC5=O)C3)cn2)cn1. The van der Waals surface area contributed by atoms with Gasteiger partial charge in [-0.2, -0.15) is 0 Å². The van der Waals surface area contributed by atoms with Crippen LogP contribution in [0.4, 0.5) is 0 Å². The molecule has 1 aromatic carbocycles. The summed E-state index contributed by atoms with van der Waals surface area (Å²) in [5.41, 5.74) is 6.33. The summed E-state index contributed by atoms with van der Waals surface area (Å²) in [7, 11) is 0. The number of carbonyl (C=O) groups is 1. The van der Waals surface area contributed by atoms with Crippen molar-refractivity contribution in [3.05, 3.63) is 76.5 Å². The Morgan fingerprint density at radius 1 is 1.20 bits per heavy atom. The van der Waals surface area contributed by atoms with Gasteiger partial charge in [-0.15, -0.1) is 0 Å². The smallest absolute Gasteiger partial charge is 0.338 e. The van der Waals surface area contributed by atoms with Gasteiger partial charge in [0.1, 0.15) is 18.8 Å². The van der Waals surface area contributed by atoms with Gasteiger partial charge in [0.25, 0.3) is 0 Å². The lowest BCUT2D eigenvalue weighted by atomic mass is 9.93. The monoisotopic (exact) mass is 403 g/mol. The van der Waals surface area contributed by atoms with Gasteiger partial charge in [0.05, 0.1) is 11.3 Å². The van der Waals surface area contributed by atoms with Gasteiger partial charge in [-0.3, -0.25) is 9.47 Å². The molecule has 1 fully saturated rings. The number of rotatable bonds is 4. The Morgan fingerprint density at radius 3 is 2.87 bits per heavy atom. The fraction of sp³-hybridized carbons (Fsp3) is 0.348. The number of nitrogens with zero attached hydrogens (tertiary/aromatic N) is 4. The molecule has 1 unspecified atom stereocenters. The van der Waals surface area contributed by atoms with Gasteiger partial charge in [-0.05, 0) is 42.7 Å². The lowest BCUT2D eigenvalue weighted by molar-refractivity contribution is 0.0535. The molecule has 0 saturated carbocycles. The van der Waals surface area contributed by atoms with Gasteiger partial charge in [0, 0.05) is 50.2 Å². The minimum atomic E-state index is -0.209. The van der Waals surface area contributed by atoms with Crippen LogP contribution in [0.2, 0.25) is 0 Å². The standard InChI is InChI=1S/C23H25N5O2/c1-15-10-28(14-26-15)22-6-3-17(9-25-22)11-27-8-7-24-21(12-27)18-4-5-19-20(16(18)2)13-30-23(19)29/h3-6,9-10,14,21,24H,7-8,11-13H2,1-2H3. The molecule has 1 N–H and O–H groups in total. The summed E-state index contributed by atoms with van der Waals surface area (Å²) in [4.78, 5) is 23.1. The molecule has 2 aliphatic heterocycles. The quantitative estimate of drug-likeness (QED) is 0.676. The summed E-state index contributed by atoms with van der Waals surface area (Å²) in [6.45, 7) is 8.15. The van der Waals surface area contributed by atoms with Crippen LogP contribution in [0.15, 0.2) is 43.0 Å². The van der Waals surface area contributed by atoms with Crippen molar-refractivity contribution < 1.29 is 9.53 Å². The molecule has 5 rings (SSSR count). The van der Waals surface area contributed by atoms with E-state index in [0.717, 1.165) is 43.3 Å². The van der Waals surface area contributed by atoms with E-state index in [-0.39, 0.29) is 12.0 Å². The molecule has 2 aromatic heterocycles. The van der Waals surface area contributed by atoms with Crippen LogP contribution in [-0.4, -0.2) is 45.0 Å². The normalized spacial score (nSPS) is 19.0. The van der Waals surface area contributed by atoms with E-state index in [2.05, 4.69) is 39.2 Å². The zero-order valence-electron chi connectivity index (χ0n) is 17.3. The molecule has 2 aliphatic rings. The van der Waals surface area contributed by atoms with Crippen LogP contribution in [0.1, 0.15) is 44.3 Å². The van der Waals surface area contributed by atoms with Crippen LogP contribution >= 0.6 is 0 Å². The minimum Gasteiger partial charge on any atom is -0.457 e. The first-order chi connectivity index (χ1) is 14.6. The number of esters is 1. The number of hydrogen-bond acceptors (Lipinski definition) is 6. The topological polar surface area (TPSA) is 72.3 Å². The van der Waals surface area contributed by atoms with Crippen LogP contribution in [0.3, 0.4) is 0 Å². The summed E-state index contributed by atoms with van der Waals surface area (Å²) in [6, 6.07) is 8.40. The number of ether oxygens (including phenoxy) is 1. The van der Waals surface area contributed by atoms with Gasteiger partial charge in [-0.25, -0.2) is 14.8 Å². The molecule has 3 aromatic rings. The second-order valence-electron chi connectivity index (χ2n) is 8.07. The molecule has 154 valence electrons. The fourth-order valence-corrected chi connectivity index (χ4v) is 4.38. The third kappa shape index (κ3) is 3.51. The number of hydrogen-bond donors (Lipinski definition) is 1. The number of aryl methyl sites for hydroxylation is 1. The zero-order chi connectivity index (χ0) is 20.7. The predicted molar refractivity (Wildman–Crippen MR) is 112 cm³/mol. The van der Waals surface area contributed by atoms with Crippen molar-refractivity contribution in [3.8, 4) is 5.82 Å². The summed E-state index contributed by atoms with van der Waals surface area (Å²) in [5, 5.41) is 3.63. The Labute approximate surface area is 175 Å². The van der Waals surface area contributed by atoms with Gasteiger partial charge in [0.2, 0.25) is 0 Å². The van der Waals surface area contributed by atoms with Crippen LogP contribution < -0.4 is 5.32 Å². The Balaban J connectivity index is 1.29. The maximum atomic E-state index is 11.8. The number of aromatic nitrogens is 3. The fourth-order valence-electron chi connectivity index (χ4n) is 4.38. The van der Waals surface area contributed by atoms with E-state index in [1.165, 1.54) is 16.7 Å². The molecule has 7 heteroatoms. The van der Waals surface area contributed by atoms with Crippen molar-refractivity contribution in [2.75, 3.05) is 19.6 Å². The van der Waals surface area contributed by atoms with Crippen molar-refractivity contribution in [1.29, 1.82) is 0 Å². The summed E-state index contributed by atoms with van der Waals surface area (Å²) >= 11 is 0. The van der Waals surface area contributed by atoms with Gasteiger partial charge >= 0.3 is 5.97 Å². The van der Waals surface area contributed by atoms with E-state index in [4.69, 9.17) is 4.74 Å². The number of nitrogens with one attached hydrogen (secondary N) is 1.